The standard InChI is InChI=1S/C34H39F6NO3/c1-18(32(42)43-3)30(21-5-6-21)22-7-4-20-10-13-28(44-29(20)14-22)31-23-8-9-24(31)17-41(16-23)19(2)26-15-25(33(35,36)37)11-12-27(26)34(38,39)40/h4,7,11-12,14-15,18-19,21,23-24,28,30-31H,5-6,8-10,13,16-17H2,1-3H3/t18?,19-,23-,24+,28?,30?,31?/m1/s1. The molecule has 6 rings (SSSR count). The number of ether oxygens (including phenoxy) is 2. The van der Waals surface area contributed by atoms with E-state index in [2.05, 4.69) is 18.2 Å². The lowest BCUT2D eigenvalue weighted by atomic mass is 9.77. The van der Waals surface area contributed by atoms with Gasteiger partial charge in [-0.05, 0) is 110 Å². The van der Waals surface area contributed by atoms with Crippen molar-refractivity contribution in [3.63, 3.8) is 0 Å². The summed E-state index contributed by atoms with van der Waals surface area (Å²) in [7, 11) is 1.42. The lowest BCUT2D eigenvalue weighted by Gasteiger charge is -2.45. The second kappa shape index (κ2) is 11.6. The molecule has 2 aromatic carbocycles. The Balaban J connectivity index is 1.20. The van der Waals surface area contributed by atoms with Gasteiger partial charge in [-0.1, -0.05) is 19.1 Å². The Labute approximate surface area is 254 Å². The molecular weight excluding hydrogens is 584 g/mol. The number of esters is 1. The van der Waals surface area contributed by atoms with Crippen LogP contribution < -0.4 is 4.74 Å². The minimum atomic E-state index is -4.75. The Morgan fingerprint density at radius 1 is 0.909 bits per heavy atom. The molecule has 2 saturated carbocycles. The van der Waals surface area contributed by atoms with Crippen LogP contribution in [0.2, 0.25) is 0 Å². The fourth-order valence-corrected chi connectivity index (χ4v) is 8.41. The summed E-state index contributed by atoms with van der Waals surface area (Å²) in [6.07, 6.45) is -3.82. The van der Waals surface area contributed by atoms with Crippen LogP contribution in [0.5, 0.6) is 5.75 Å². The van der Waals surface area contributed by atoms with Crippen LogP contribution >= 0.6 is 0 Å². The van der Waals surface area contributed by atoms with Crippen molar-refractivity contribution in [3.8, 4) is 5.75 Å². The van der Waals surface area contributed by atoms with Gasteiger partial charge in [0.05, 0.1) is 24.2 Å². The van der Waals surface area contributed by atoms with Crippen LogP contribution in [0.25, 0.3) is 0 Å². The Hall–Kier alpha value is -2.75. The fraction of sp³-hybridized carbons (Fsp3) is 0.618. The first-order valence-electron chi connectivity index (χ1n) is 15.7. The SMILES string of the molecule is COC(=O)C(C)C(c1ccc2c(c1)OC(C1[C@@H]3CC[C@H]1CN([C@H](C)c1cc(C(F)(F)F)ccc1C(F)(F)F)C3)CC2)C1CC1. The van der Waals surface area contributed by atoms with Gasteiger partial charge < -0.3 is 9.47 Å². The molecule has 4 nitrogen and oxygen atoms in total. The van der Waals surface area contributed by atoms with Gasteiger partial charge in [0.1, 0.15) is 11.9 Å². The highest BCUT2D eigenvalue weighted by Gasteiger charge is 2.49. The molecule has 10 heteroatoms. The summed E-state index contributed by atoms with van der Waals surface area (Å²) in [5.74, 6) is 1.47. The summed E-state index contributed by atoms with van der Waals surface area (Å²) in [4.78, 5) is 14.4. The van der Waals surface area contributed by atoms with Crippen molar-refractivity contribution in [2.45, 2.75) is 82.8 Å². The molecule has 0 spiro atoms. The van der Waals surface area contributed by atoms with E-state index in [1.165, 1.54) is 7.11 Å². The Morgan fingerprint density at radius 3 is 2.18 bits per heavy atom. The van der Waals surface area contributed by atoms with Gasteiger partial charge in [0, 0.05) is 25.0 Å². The number of nitrogens with zero attached hydrogens (tertiary/aromatic N) is 1. The van der Waals surface area contributed by atoms with Gasteiger partial charge in [0.25, 0.3) is 0 Å². The number of piperidine rings is 1. The van der Waals surface area contributed by atoms with E-state index in [-0.39, 0.29) is 47.2 Å². The molecule has 2 aliphatic heterocycles. The van der Waals surface area contributed by atoms with Crippen LogP contribution in [0, 0.1) is 29.6 Å². The predicted octanol–water partition coefficient (Wildman–Crippen LogP) is 8.44. The summed E-state index contributed by atoms with van der Waals surface area (Å²) in [6, 6.07) is 7.25. The molecule has 240 valence electrons. The van der Waals surface area contributed by atoms with E-state index in [1.54, 1.807) is 6.92 Å². The lowest BCUT2D eigenvalue weighted by Crippen LogP contribution is -2.49. The molecule has 2 aliphatic carbocycles. The zero-order chi connectivity index (χ0) is 31.6. The number of methoxy groups -OCH3 is 1. The quantitative estimate of drug-likeness (QED) is 0.229. The molecule has 1 saturated heterocycles. The second-order valence-corrected chi connectivity index (χ2v) is 13.3. The van der Waals surface area contributed by atoms with Crippen LogP contribution in [0.4, 0.5) is 26.3 Å². The molecule has 4 unspecified atom stereocenters. The van der Waals surface area contributed by atoms with Crippen molar-refractivity contribution in [3.05, 3.63) is 64.2 Å². The molecule has 2 bridgehead atoms. The first-order valence-corrected chi connectivity index (χ1v) is 15.7. The van der Waals surface area contributed by atoms with Crippen LogP contribution in [-0.4, -0.2) is 37.2 Å². The number of rotatable bonds is 7. The third-order valence-electron chi connectivity index (χ3n) is 10.7. The highest BCUT2D eigenvalue weighted by molar-refractivity contribution is 5.73. The van der Waals surface area contributed by atoms with E-state index < -0.39 is 29.5 Å². The number of benzene rings is 2. The first kappa shape index (κ1) is 31.2. The van der Waals surface area contributed by atoms with E-state index in [4.69, 9.17) is 9.47 Å². The summed E-state index contributed by atoms with van der Waals surface area (Å²) in [6.45, 7) is 4.54. The zero-order valence-corrected chi connectivity index (χ0v) is 25.2. The number of hydrogen-bond donors (Lipinski definition) is 0. The number of carbonyl (C=O) groups excluding carboxylic acids is 1. The van der Waals surface area contributed by atoms with Gasteiger partial charge in [-0.3, -0.25) is 9.69 Å². The van der Waals surface area contributed by atoms with Crippen LogP contribution in [0.1, 0.15) is 85.7 Å². The van der Waals surface area contributed by atoms with Crippen molar-refractivity contribution in [2.75, 3.05) is 20.2 Å². The van der Waals surface area contributed by atoms with Crippen molar-refractivity contribution in [1.82, 2.24) is 4.90 Å². The van der Waals surface area contributed by atoms with Gasteiger partial charge in [0.15, 0.2) is 0 Å². The third kappa shape index (κ3) is 5.95. The Kier molecular flexibility index (Phi) is 8.21. The molecule has 2 heterocycles. The van der Waals surface area contributed by atoms with E-state index >= 15 is 0 Å². The largest absolute Gasteiger partial charge is 0.490 e. The normalized spacial score (nSPS) is 27.7. The number of likely N-dealkylation sites (tertiary alicyclic amines) is 1. The summed E-state index contributed by atoms with van der Waals surface area (Å²) < 4.78 is 93.8. The summed E-state index contributed by atoms with van der Waals surface area (Å²) in [5.41, 5.74) is -0.192. The highest BCUT2D eigenvalue weighted by Crippen LogP contribution is 2.51. The van der Waals surface area contributed by atoms with Crippen molar-refractivity contribution < 1.29 is 40.6 Å². The number of fused-ring (bicyclic) bond motifs is 3. The minimum absolute atomic E-state index is 0.0376. The van der Waals surface area contributed by atoms with E-state index in [0.717, 1.165) is 55.4 Å². The smallest absolute Gasteiger partial charge is 0.416 e. The molecule has 4 aliphatic rings. The first-order chi connectivity index (χ1) is 20.8. The second-order valence-electron chi connectivity index (χ2n) is 13.3. The zero-order valence-electron chi connectivity index (χ0n) is 25.2. The molecule has 0 N–H and O–H groups in total. The average Bonchev–Trinajstić information content (AvgIpc) is 3.78. The Morgan fingerprint density at radius 2 is 1.59 bits per heavy atom. The maximum absolute atomic E-state index is 13.9. The number of aryl methyl sites for hydroxylation is 1. The monoisotopic (exact) mass is 623 g/mol. The van der Waals surface area contributed by atoms with E-state index in [1.807, 2.05) is 11.8 Å². The van der Waals surface area contributed by atoms with Crippen LogP contribution in [0.3, 0.4) is 0 Å². The summed E-state index contributed by atoms with van der Waals surface area (Å²) >= 11 is 0. The predicted molar refractivity (Wildman–Crippen MR) is 152 cm³/mol. The number of alkyl halides is 6. The maximum Gasteiger partial charge on any atom is 0.416 e. The van der Waals surface area contributed by atoms with Crippen LogP contribution in [0.15, 0.2) is 36.4 Å². The molecule has 3 fully saturated rings. The van der Waals surface area contributed by atoms with E-state index in [0.29, 0.717) is 37.2 Å². The molecule has 44 heavy (non-hydrogen) atoms. The molecule has 0 radical (unpaired) electrons. The number of halogens is 6. The summed E-state index contributed by atoms with van der Waals surface area (Å²) in [5, 5.41) is 0. The van der Waals surface area contributed by atoms with Crippen molar-refractivity contribution in [2.24, 2.45) is 29.6 Å². The van der Waals surface area contributed by atoms with Gasteiger partial charge in [-0.25, -0.2) is 0 Å². The number of hydrogen-bond acceptors (Lipinski definition) is 4. The van der Waals surface area contributed by atoms with Gasteiger partial charge in [0.2, 0.25) is 0 Å². The van der Waals surface area contributed by atoms with Gasteiger partial charge >= 0.3 is 18.3 Å². The fourth-order valence-electron chi connectivity index (χ4n) is 8.41. The topological polar surface area (TPSA) is 38.8 Å². The molecule has 2 aromatic rings. The van der Waals surface area contributed by atoms with Gasteiger partial charge in [-0.2, -0.15) is 26.3 Å². The van der Waals surface area contributed by atoms with Crippen LogP contribution in [-0.2, 0) is 28.3 Å². The third-order valence-corrected chi connectivity index (χ3v) is 10.7. The molecule has 0 amide bonds. The van der Waals surface area contributed by atoms with Gasteiger partial charge in [-0.15, -0.1) is 0 Å². The maximum atomic E-state index is 13.9. The van der Waals surface area contributed by atoms with Crippen molar-refractivity contribution in [1.29, 1.82) is 0 Å². The Bertz CT molecular complexity index is 1370. The highest BCUT2D eigenvalue weighted by atomic mass is 19.4. The van der Waals surface area contributed by atoms with Crippen molar-refractivity contribution >= 4 is 5.97 Å². The minimum Gasteiger partial charge on any atom is -0.490 e. The number of carbonyl (C=O) groups is 1. The molecule has 7 atom stereocenters. The average molecular weight is 624 g/mol. The lowest BCUT2D eigenvalue weighted by molar-refractivity contribution is -0.146. The van der Waals surface area contributed by atoms with E-state index in [9.17, 15) is 31.1 Å². The molecular formula is C34H39F6NO3. The molecule has 0 aromatic heterocycles.